The minimum atomic E-state index is -0.292. The summed E-state index contributed by atoms with van der Waals surface area (Å²) in [5, 5.41) is 2.49. The molecule has 0 bridgehead atoms. The lowest BCUT2D eigenvalue weighted by molar-refractivity contribution is -0.117. The summed E-state index contributed by atoms with van der Waals surface area (Å²) in [5.74, 6) is -0.399. The zero-order chi connectivity index (χ0) is 11.3. The molecule has 0 aromatic heterocycles. The van der Waals surface area contributed by atoms with Gasteiger partial charge in [-0.15, -0.1) is 0 Å². The smallest absolute Gasteiger partial charge is 0.246 e. The Morgan fingerprint density at radius 2 is 1.87 bits per heavy atom. The Morgan fingerprint density at radius 3 is 2.40 bits per heavy atom. The highest BCUT2D eigenvalue weighted by Gasteiger charge is 2.07. The third-order valence-electron chi connectivity index (χ3n) is 1.89. The van der Waals surface area contributed by atoms with Crippen LogP contribution < -0.4 is 5.32 Å². The molecule has 0 fully saturated rings. The van der Waals surface area contributed by atoms with Gasteiger partial charge in [-0.1, -0.05) is 36.9 Å². The molecule has 1 aromatic carbocycles. The van der Waals surface area contributed by atoms with Crippen LogP contribution >= 0.6 is 0 Å². The summed E-state index contributed by atoms with van der Waals surface area (Å²) in [6, 6.07) is 8.84. The van der Waals surface area contributed by atoms with E-state index in [9.17, 15) is 9.59 Å². The highest BCUT2D eigenvalue weighted by Crippen LogP contribution is 1.99. The molecule has 78 valence electrons. The number of nitrogens with one attached hydrogen (secondary N) is 1. The van der Waals surface area contributed by atoms with Crippen molar-refractivity contribution in [3.05, 3.63) is 48.0 Å². The summed E-state index contributed by atoms with van der Waals surface area (Å²) in [4.78, 5) is 22.6. The van der Waals surface area contributed by atoms with Crippen LogP contribution in [0, 0.1) is 0 Å². The molecule has 0 aliphatic carbocycles. The molecular formula is C12H13NO2. The van der Waals surface area contributed by atoms with E-state index < -0.39 is 0 Å². The van der Waals surface area contributed by atoms with Gasteiger partial charge in [0.1, 0.15) is 0 Å². The fourth-order valence-corrected chi connectivity index (χ4v) is 1.04. The Morgan fingerprint density at radius 1 is 1.27 bits per heavy atom. The third-order valence-corrected chi connectivity index (χ3v) is 1.89. The highest BCUT2D eigenvalue weighted by atomic mass is 16.2. The van der Waals surface area contributed by atoms with Crippen molar-refractivity contribution in [2.24, 2.45) is 0 Å². The van der Waals surface area contributed by atoms with Crippen molar-refractivity contribution in [1.82, 2.24) is 5.32 Å². The molecular weight excluding hydrogens is 190 g/mol. The zero-order valence-corrected chi connectivity index (χ0v) is 8.62. The number of Topliss-reactive ketones (excluding diaryl/α,β-unsaturated/α-hetero) is 1. The first-order valence-corrected chi connectivity index (χ1v) is 4.63. The van der Waals surface area contributed by atoms with Gasteiger partial charge in [-0.05, 0) is 6.92 Å². The van der Waals surface area contributed by atoms with Gasteiger partial charge in [0.15, 0.2) is 5.78 Å². The van der Waals surface area contributed by atoms with E-state index in [1.807, 2.05) is 6.07 Å². The topological polar surface area (TPSA) is 46.2 Å². The van der Waals surface area contributed by atoms with Gasteiger partial charge in [0.2, 0.25) is 5.91 Å². The van der Waals surface area contributed by atoms with Gasteiger partial charge in [-0.2, -0.15) is 0 Å². The van der Waals surface area contributed by atoms with Gasteiger partial charge in [0, 0.05) is 11.1 Å². The van der Waals surface area contributed by atoms with Crippen molar-refractivity contribution in [3.8, 4) is 0 Å². The molecule has 0 saturated heterocycles. The quantitative estimate of drug-likeness (QED) is 0.596. The molecule has 15 heavy (non-hydrogen) atoms. The molecule has 3 heteroatoms. The number of carbonyl (C=O) groups excluding carboxylic acids is 2. The molecule has 0 radical (unpaired) electrons. The van der Waals surface area contributed by atoms with E-state index in [1.54, 1.807) is 31.2 Å². The average Bonchev–Trinajstić information content (AvgIpc) is 2.26. The number of carbonyl (C=O) groups is 2. The van der Waals surface area contributed by atoms with Gasteiger partial charge in [0.25, 0.3) is 0 Å². The van der Waals surface area contributed by atoms with E-state index in [0.717, 1.165) is 0 Å². The lowest BCUT2D eigenvalue weighted by Crippen LogP contribution is -2.29. The van der Waals surface area contributed by atoms with Crippen LogP contribution in [0.1, 0.15) is 17.3 Å². The molecule has 1 rings (SSSR count). The normalized spacial score (nSPS) is 9.40. The Bertz CT molecular complexity index is 382. The number of ketones is 1. The predicted octanol–water partition coefficient (Wildman–Crippen LogP) is 1.56. The maximum Gasteiger partial charge on any atom is 0.246 e. The van der Waals surface area contributed by atoms with Crippen molar-refractivity contribution in [2.45, 2.75) is 6.92 Å². The summed E-state index contributed by atoms with van der Waals surface area (Å²) in [6.45, 7) is 5.09. The summed E-state index contributed by atoms with van der Waals surface area (Å²) in [5.41, 5.74) is 0.996. The first kappa shape index (κ1) is 11.2. The lowest BCUT2D eigenvalue weighted by atomic mass is 10.1. The molecule has 1 aromatic rings. The maximum absolute atomic E-state index is 11.5. The Balaban J connectivity index is 2.51. The van der Waals surface area contributed by atoms with E-state index in [0.29, 0.717) is 11.1 Å². The standard InChI is InChI=1S/C12H13NO2/c1-9(2)12(15)13-8-11(14)10-6-4-3-5-7-10/h3-7H,1,8H2,2H3,(H,13,15). The molecule has 1 amide bonds. The average molecular weight is 203 g/mol. The molecule has 1 N–H and O–H groups in total. The molecule has 0 aliphatic heterocycles. The molecule has 0 saturated carbocycles. The van der Waals surface area contributed by atoms with Crippen LogP contribution in [0.2, 0.25) is 0 Å². The number of rotatable bonds is 4. The first-order valence-electron chi connectivity index (χ1n) is 4.63. The van der Waals surface area contributed by atoms with E-state index in [-0.39, 0.29) is 18.2 Å². The first-order chi connectivity index (χ1) is 7.11. The Kier molecular flexibility index (Phi) is 3.80. The van der Waals surface area contributed by atoms with Crippen LogP contribution in [-0.2, 0) is 4.79 Å². The van der Waals surface area contributed by atoms with Crippen LogP contribution in [-0.4, -0.2) is 18.2 Å². The maximum atomic E-state index is 11.5. The van der Waals surface area contributed by atoms with Gasteiger partial charge < -0.3 is 5.32 Å². The molecule has 0 aliphatic rings. The minimum Gasteiger partial charge on any atom is -0.345 e. The summed E-state index contributed by atoms with van der Waals surface area (Å²) < 4.78 is 0. The molecule has 0 unspecified atom stereocenters. The molecule has 0 atom stereocenters. The van der Waals surface area contributed by atoms with E-state index in [2.05, 4.69) is 11.9 Å². The van der Waals surface area contributed by atoms with Gasteiger partial charge in [0.05, 0.1) is 6.54 Å². The summed E-state index contributed by atoms with van der Waals surface area (Å²) in [7, 11) is 0. The van der Waals surface area contributed by atoms with E-state index in [4.69, 9.17) is 0 Å². The van der Waals surface area contributed by atoms with Crippen LogP contribution in [0.4, 0.5) is 0 Å². The zero-order valence-electron chi connectivity index (χ0n) is 8.62. The Labute approximate surface area is 88.8 Å². The van der Waals surface area contributed by atoms with Crippen molar-refractivity contribution >= 4 is 11.7 Å². The summed E-state index contributed by atoms with van der Waals surface area (Å²) in [6.07, 6.45) is 0. The highest BCUT2D eigenvalue weighted by molar-refractivity contribution is 6.01. The van der Waals surface area contributed by atoms with Crippen LogP contribution in [0.25, 0.3) is 0 Å². The number of hydrogen-bond acceptors (Lipinski definition) is 2. The van der Waals surface area contributed by atoms with Crippen molar-refractivity contribution in [3.63, 3.8) is 0 Å². The minimum absolute atomic E-state index is 0.00963. The van der Waals surface area contributed by atoms with E-state index in [1.165, 1.54) is 0 Å². The number of benzene rings is 1. The SMILES string of the molecule is C=C(C)C(=O)NCC(=O)c1ccccc1. The van der Waals surface area contributed by atoms with Gasteiger partial charge in [-0.3, -0.25) is 9.59 Å². The number of hydrogen-bond donors (Lipinski definition) is 1. The predicted molar refractivity (Wildman–Crippen MR) is 58.6 cm³/mol. The second-order valence-electron chi connectivity index (χ2n) is 3.25. The fraction of sp³-hybridized carbons (Fsp3) is 0.167. The molecule has 0 heterocycles. The Hall–Kier alpha value is -1.90. The third kappa shape index (κ3) is 3.38. The van der Waals surface area contributed by atoms with E-state index >= 15 is 0 Å². The second kappa shape index (κ2) is 5.10. The van der Waals surface area contributed by atoms with Crippen LogP contribution in [0.5, 0.6) is 0 Å². The van der Waals surface area contributed by atoms with Crippen LogP contribution in [0.3, 0.4) is 0 Å². The molecule has 3 nitrogen and oxygen atoms in total. The second-order valence-corrected chi connectivity index (χ2v) is 3.25. The lowest BCUT2D eigenvalue weighted by Gasteiger charge is -2.03. The summed E-state index contributed by atoms with van der Waals surface area (Å²) >= 11 is 0. The van der Waals surface area contributed by atoms with Gasteiger partial charge in [-0.25, -0.2) is 0 Å². The molecule has 0 spiro atoms. The van der Waals surface area contributed by atoms with Gasteiger partial charge >= 0.3 is 0 Å². The fourth-order valence-electron chi connectivity index (χ4n) is 1.04. The largest absolute Gasteiger partial charge is 0.345 e. The van der Waals surface area contributed by atoms with Crippen LogP contribution in [0.15, 0.2) is 42.5 Å². The van der Waals surface area contributed by atoms with Crippen molar-refractivity contribution in [1.29, 1.82) is 0 Å². The number of amides is 1. The monoisotopic (exact) mass is 203 g/mol. The van der Waals surface area contributed by atoms with Crippen molar-refractivity contribution in [2.75, 3.05) is 6.54 Å². The van der Waals surface area contributed by atoms with Crippen molar-refractivity contribution < 1.29 is 9.59 Å².